The number of hydrogen-bond donors (Lipinski definition) is 0. The van der Waals surface area contributed by atoms with Crippen molar-refractivity contribution < 1.29 is 0 Å². The van der Waals surface area contributed by atoms with Crippen LogP contribution in [-0.4, -0.2) is 18.0 Å². The van der Waals surface area contributed by atoms with E-state index >= 15 is 0 Å². The van der Waals surface area contributed by atoms with Gasteiger partial charge in [-0.3, -0.25) is 4.90 Å². The van der Waals surface area contributed by atoms with Crippen LogP contribution in [0.1, 0.15) is 17.0 Å². The second-order valence-corrected chi connectivity index (χ2v) is 5.85. The molecular weight excluding hydrogens is 286 g/mol. The first kappa shape index (κ1) is 11.9. The smallest absolute Gasteiger partial charge is 0.0234 e. The minimum atomic E-state index is 0.721. The Morgan fingerprint density at radius 2 is 1.78 bits per heavy atom. The predicted molar refractivity (Wildman–Crippen MR) is 78.6 cm³/mol. The van der Waals surface area contributed by atoms with Crippen molar-refractivity contribution in [3.63, 3.8) is 0 Å². The highest BCUT2D eigenvalue weighted by Gasteiger charge is 2.27. The SMILES string of the molecule is Brc1cccc(CN2CC(c3ccccc3)C2)c1. The molecule has 1 nitrogen and oxygen atoms in total. The predicted octanol–water partition coefficient (Wildman–Crippen LogP) is 4.05. The van der Waals surface area contributed by atoms with E-state index in [1.54, 1.807) is 0 Å². The second kappa shape index (κ2) is 5.25. The molecule has 1 heterocycles. The number of nitrogens with zero attached hydrogens (tertiary/aromatic N) is 1. The molecule has 18 heavy (non-hydrogen) atoms. The van der Waals surface area contributed by atoms with Gasteiger partial charge in [0.05, 0.1) is 0 Å². The van der Waals surface area contributed by atoms with Crippen LogP contribution in [0.5, 0.6) is 0 Å². The lowest BCUT2D eigenvalue weighted by Gasteiger charge is -2.39. The van der Waals surface area contributed by atoms with E-state index in [-0.39, 0.29) is 0 Å². The molecule has 2 aromatic rings. The van der Waals surface area contributed by atoms with Crippen LogP contribution in [0.3, 0.4) is 0 Å². The van der Waals surface area contributed by atoms with Crippen molar-refractivity contribution in [2.24, 2.45) is 0 Å². The average molecular weight is 302 g/mol. The molecule has 92 valence electrons. The molecule has 0 unspecified atom stereocenters. The lowest BCUT2D eigenvalue weighted by Crippen LogP contribution is -2.44. The molecule has 1 aliphatic heterocycles. The summed E-state index contributed by atoms with van der Waals surface area (Å²) < 4.78 is 1.17. The molecule has 1 aliphatic rings. The van der Waals surface area contributed by atoms with Crippen molar-refractivity contribution in [2.75, 3.05) is 13.1 Å². The maximum Gasteiger partial charge on any atom is 0.0234 e. The Kier molecular flexibility index (Phi) is 3.48. The van der Waals surface area contributed by atoms with Crippen molar-refractivity contribution in [1.82, 2.24) is 4.90 Å². The Bertz CT molecular complexity index is 518. The normalized spacial score (nSPS) is 16.5. The fourth-order valence-electron chi connectivity index (χ4n) is 2.53. The topological polar surface area (TPSA) is 3.24 Å². The van der Waals surface area contributed by atoms with Gasteiger partial charge in [-0.15, -0.1) is 0 Å². The zero-order valence-electron chi connectivity index (χ0n) is 10.2. The van der Waals surface area contributed by atoms with Crippen LogP contribution in [-0.2, 0) is 6.54 Å². The summed E-state index contributed by atoms with van der Waals surface area (Å²) >= 11 is 3.52. The number of benzene rings is 2. The summed E-state index contributed by atoms with van der Waals surface area (Å²) in [6.45, 7) is 3.41. The summed E-state index contributed by atoms with van der Waals surface area (Å²) in [6, 6.07) is 19.4. The number of likely N-dealkylation sites (tertiary alicyclic amines) is 1. The van der Waals surface area contributed by atoms with Gasteiger partial charge in [-0.2, -0.15) is 0 Å². The van der Waals surface area contributed by atoms with Crippen molar-refractivity contribution in [3.05, 3.63) is 70.2 Å². The van der Waals surface area contributed by atoms with Gasteiger partial charge >= 0.3 is 0 Å². The fourth-order valence-corrected chi connectivity index (χ4v) is 2.98. The molecule has 2 heteroatoms. The Balaban J connectivity index is 1.57. The fraction of sp³-hybridized carbons (Fsp3) is 0.250. The first-order chi connectivity index (χ1) is 8.81. The largest absolute Gasteiger partial charge is 0.298 e. The molecule has 1 fully saturated rings. The van der Waals surface area contributed by atoms with Crippen molar-refractivity contribution in [1.29, 1.82) is 0 Å². The average Bonchev–Trinajstić information content (AvgIpc) is 2.34. The molecule has 3 rings (SSSR count). The number of rotatable bonds is 3. The van der Waals surface area contributed by atoms with Crippen molar-refractivity contribution >= 4 is 15.9 Å². The molecule has 0 spiro atoms. The van der Waals surface area contributed by atoms with Crippen LogP contribution >= 0.6 is 15.9 Å². The van der Waals surface area contributed by atoms with E-state index in [1.807, 2.05) is 0 Å². The summed E-state index contributed by atoms with van der Waals surface area (Å²) in [5.41, 5.74) is 2.86. The number of halogens is 1. The first-order valence-corrected chi connectivity index (χ1v) is 7.12. The Hall–Kier alpha value is -1.12. The minimum absolute atomic E-state index is 0.721. The maximum atomic E-state index is 3.52. The summed E-state index contributed by atoms with van der Waals surface area (Å²) in [5, 5.41) is 0. The van der Waals surface area contributed by atoms with Crippen LogP contribution in [0.25, 0.3) is 0 Å². The third-order valence-electron chi connectivity index (χ3n) is 3.52. The van der Waals surface area contributed by atoms with E-state index in [1.165, 1.54) is 28.7 Å². The lowest BCUT2D eigenvalue weighted by molar-refractivity contribution is 0.139. The summed E-state index contributed by atoms with van der Waals surface area (Å²) in [7, 11) is 0. The Morgan fingerprint density at radius 1 is 1.00 bits per heavy atom. The monoisotopic (exact) mass is 301 g/mol. The van der Waals surface area contributed by atoms with Gasteiger partial charge in [0.2, 0.25) is 0 Å². The minimum Gasteiger partial charge on any atom is -0.298 e. The molecule has 1 saturated heterocycles. The molecule has 0 N–H and O–H groups in total. The van der Waals surface area contributed by atoms with Crippen LogP contribution in [0.2, 0.25) is 0 Å². The van der Waals surface area contributed by atoms with Crippen molar-refractivity contribution in [2.45, 2.75) is 12.5 Å². The van der Waals surface area contributed by atoms with Crippen LogP contribution in [0.4, 0.5) is 0 Å². The van der Waals surface area contributed by atoms with Gasteiger partial charge in [0.25, 0.3) is 0 Å². The zero-order chi connectivity index (χ0) is 12.4. The molecule has 0 amide bonds. The van der Waals surface area contributed by atoms with E-state index in [0.29, 0.717) is 0 Å². The quantitative estimate of drug-likeness (QED) is 0.827. The van der Waals surface area contributed by atoms with Gasteiger partial charge in [-0.05, 0) is 23.3 Å². The van der Waals surface area contributed by atoms with E-state index in [2.05, 4.69) is 75.4 Å². The Morgan fingerprint density at radius 3 is 2.50 bits per heavy atom. The van der Waals surface area contributed by atoms with Gasteiger partial charge in [0.15, 0.2) is 0 Å². The highest BCUT2D eigenvalue weighted by molar-refractivity contribution is 9.10. The lowest BCUT2D eigenvalue weighted by atomic mass is 9.91. The molecule has 2 aromatic carbocycles. The summed E-state index contributed by atoms with van der Waals surface area (Å²) in [5.74, 6) is 0.721. The zero-order valence-corrected chi connectivity index (χ0v) is 11.8. The second-order valence-electron chi connectivity index (χ2n) is 4.93. The summed E-state index contributed by atoms with van der Waals surface area (Å²) in [4.78, 5) is 2.50. The van der Waals surface area contributed by atoms with E-state index in [4.69, 9.17) is 0 Å². The van der Waals surface area contributed by atoms with Crippen LogP contribution in [0.15, 0.2) is 59.1 Å². The van der Waals surface area contributed by atoms with Gasteiger partial charge < -0.3 is 0 Å². The van der Waals surface area contributed by atoms with Gasteiger partial charge in [0.1, 0.15) is 0 Å². The highest BCUT2D eigenvalue weighted by Crippen LogP contribution is 2.28. The third kappa shape index (κ3) is 2.65. The number of hydrogen-bond acceptors (Lipinski definition) is 1. The van der Waals surface area contributed by atoms with Gasteiger partial charge in [0, 0.05) is 30.0 Å². The Labute approximate surface area is 117 Å². The molecule has 0 aromatic heterocycles. The first-order valence-electron chi connectivity index (χ1n) is 6.33. The van der Waals surface area contributed by atoms with Gasteiger partial charge in [-0.25, -0.2) is 0 Å². The summed E-state index contributed by atoms with van der Waals surface area (Å²) in [6.07, 6.45) is 0. The van der Waals surface area contributed by atoms with Crippen molar-refractivity contribution in [3.8, 4) is 0 Å². The van der Waals surface area contributed by atoms with E-state index < -0.39 is 0 Å². The molecule has 0 atom stereocenters. The van der Waals surface area contributed by atoms with E-state index in [9.17, 15) is 0 Å². The van der Waals surface area contributed by atoms with Crippen LogP contribution < -0.4 is 0 Å². The highest BCUT2D eigenvalue weighted by atomic mass is 79.9. The molecular formula is C16H16BrN. The van der Waals surface area contributed by atoms with E-state index in [0.717, 1.165) is 12.5 Å². The molecule has 0 radical (unpaired) electrons. The van der Waals surface area contributed by atoms with Gasteiger partial charge in [-0.1, -0.05) is 58.4 Å². The maximum absolute atomic E-state index is 3.52. The van der Waals surface area contributed by atoms with Crippen LogP contribution in [0, 0.1) is 0 Å². The molecule has 0 bridgehead atoms. The standard InChI is InChI=1S/C16H16BrN/c17-16-8-4-5-13(9-16)10-18-11-15(12-18)14-6-2-1-3-7-14/h1-9,15H,10-12H2. The third-order valence-corrected chi connectivity index (χ3v) is 4.02. The molecule has 0 saturated carbocycles. The molecule has 0 aliphatic carbocycles.